The van der Waals surface area contributed by atoms with Gasteiger partial charge in [0.1, 0.15) is 5.67 Å². The zero-order chi connectivity index (χ0) is 36.0. The number of nitrogens with zero attached hydrogens (tertiary/aromatic N) is 3. The van der Waals surface area contributed by atoms with E-state index in [2.05, 4.69) is 41.4 Å². The Kier molecular flexibility index (Phi) is 9.51. The number of urea groups is 1. The number of carbonyl (C=O) groups is 3. The first-order valence-electron chi connectivity index (χ1n) is 15.6. The van der Waals surface area contributed by atoms with Crippen molar-refractivity contribution in [2.45, 2.75) is 61.5 Å². The average Bonchev–Trinajstić information content (AvgIpc) is 3.49. The van der Waals surface area contributed by atoms with Gasteiger partial charge in [0.25, 0.3) is 17.7 Å². The van der Waals surface area contributed by atoms with Crippen molar-refractivity contribution in [3.8, 4) is 0 Å². The highest BCUT2D eigenvalue weighted by Gasteiger charge is 2.60. The summed E-state index contributed by atoms with van der Waals surface area (Å²) in [4.78, 5) is 46.1. The van der Waals surface area contributed by atoms with Crippen molar-refractivity contribution in [1.29, 1.82) is 0 Å². The summed E-state index contributed by atoms with van der Waals surface area (Å²) in [5, 5.41) is 25.6. The Morgan fingerprint density at radius 2 is 1.84 bits per heavy atom. The molecule has 0 radical (unpaired) electrons. The number of hydrogen-bond donors (Lipinski definition) is 7. The molecule has 270 valence electrons. The van der Waals surface area contributed by atoms with Crippen molar-refractivity contribution in [2.75, 3.05) is 38.0 Å². The van der Waals surface area contributed by atoms with Crippen LogP contribution in [0.5, 0.6) is 0 Å². The SMILES string of the molecule is O=C(NCC1(F)CCN(C(=O)c2ccc(NC(=O)c3ncc(Cc4c(C(F)(F)F)n[nH]c4[C@@H]4CC4(F)F)[nH]3)cc2Cl)CC1)N[C@H]1CNC[C@@H]1O. The number of β-amino-alcohol motifs (C(OH)–C–C–N with tert-alkyl or cyclic N) is 1. The second-order valence-electron chi connectivity index (χ2n) is 12.7. The number of H-pyrrole nitrogens is 2. The second-order valence-corrected chi connectivity index (χ2v) is 13.1. The van der Waals surface area contributed by atoms with E-state index in [-0.39, 0.29) is 66.0 Å². The fraction of sp³-hybridized carbons (Fsp3) is 0.500. The number of aliphatic hydroxyl groups excluding tert-OH is 1. The topological polar surface area (TPSA) is 180 Å². The van der Waals surface area contributed by atoms with Crippen molar-refractivity contribution >= 4 is 35.1 Å². The van der Waals surface area contributed by atoms with Crippen LogP contribution >= 0.6 is 11.6 Å². The third kappa shape index (κ3) is 7.68. The standard InChI is InChI=1S/C30H32ClF6N9O4/c31-19-8-14(1-2-16(19)26(49)46-5-3-28(32,4-6-46)13-40-27(50)43-20-11-38-12-21(20)47)42-25(48)24-39-10-15(41-24)7-17-22(18-9-29(18,33)34)44-45-23(17)30(35,36)37/h1-2,8,10,18,20-21,38,47H,3-7,9,11-13H2,(H,39,41)(H,42,48)(H,44,45)(H2,40,43,50)/t18-,20-,21-/m0/s1. The first-order chi connectivity index (χ1) is 23.5. The van der Waals surface area contributed by atoms with Gasteiger partial charge in [-0.1, -0.05) is 11.6 Å². The molecule has 2 aliphatic heterocycles. The van der Waals surface area contributed by atoms with Gasteiger partial charge in [-0.3, -0.25) is 14.7 Å². The van der Waals surface area contributed by atoms with E-state index in [1.807, 2.05) is 0 Å². The minimum atomic E-state index is -4.90. The number of imidazole rings is 1. The lowest BCUT2D eigenvalue weighted by atomic mass is 9.93. The highest BCUT2D eigenvalue weighted by Crippen LogP contribution is 2.56. The molecule has 4 amide bonds. The van der Waals surface area contributed by atoms with Crippen LogP contribution < -0.4 is 21.3 Å². The van der Waals surface area contributed by atoms with Crippen LogP contribution in [0.1, 0.15) is 68.8 Å². The van der Waals surface area contributed by atoms with E-state index < -0.39 is 77.8 Å². The second kappa shape index (κ2) is 13.4. The Labute approximate surface area is 284 Å². The lowest BCUT2D eigenvalue weighted by Crippen LogP contribution is -2.53. The fourth-order valence-corrected chi connectivity index (χ4v) is 6.31. The maximum atomic E-state index is 15.4. The van der Waals surface area contributed by atoms with Crippen molar-refractivity contribution in [2.24, 2.45) is 0 Å². The maximum Gasteiger partial charge on any atom is 0.435 e. The fourth-order valence-electron chi connectivity index (χ4n) is 6.05. The third-order valence-corrected chi connectivity index (χ3v) is 9.33. The number of amides is 4. The van der Waals surface area contributed by atoms with E-state index >= 15 is 4.39 Å². The summed E-state index contributed by atoms with van der Waals surface area (Å²) in [7, 11) is 0. The van der Waals surface area contributed by atoms with Crippen LogP contribution in [-0.4, -0.2) is 104 Å². The molecule has 2 saturated heterocycles. The van der Waals surface area contributed by atoms with Gasteiger partial charge in [-0.25, -0.2) is 22.9 Å². The minimum absolute atomic E-state index is 0.0176. The lowest BCUT2D eigenvalue weighted by molar-refractivity contribution is -0.141. The van der Waals surface area contributed by atoms with Crippen LogP contribution in [0.4, 0.5) is 36.8 Å². The molecular formula is C30H32ClF6N9O4. The monoisotopic (exact) mass is 731 g/mol. The summed E-state index contributed by atoms with van der Waals surface area (Å²) in [5.74, 6) is -6.11. The highest BCUT2D eigenvalue weighted by atomic mass is 35.5. The predicted octanol–water partition coefficient (Wildman–Crippen LogP) is 3.35. The first kappa shape index (κ1) is 35.5. The van der Waals surface area contributed by atoms with Crippen molar-refractivity contribution in [3.05, 3.63) is 63.5 Å². The predicted molar refractivity (Wildman–Crippen MR) is 165 cm³/mol. The van der Waals surface area contributed by atoms with Crippen LogP contribution in [0.25, 0.3) is 0 Å². The van der Waals surface area contributed by atoms with Crippen molar-refractivity contribution < 1.29 is 45.8 Å². The number of aromatic nitrogens is 4. The Bertz CT molecular complexity index is 1770. The third-order valence-electron chi connectivity index (χ3n) is 9.02. The quantitative estimate of drug-likeness (QED) is 0.165. The number of halogens is 7. The van der Waals surface area contributed by atoms with E-state index in [4.69, 9.17) is 11.6 Å². The molecule has 4 heterocycles. The van der Waals surface area contributed by atoms with Gasteiger partial charge in [-0.2, -0.15) is 18.3 Å². The number of hydrogen-bond acceptors (Lipinski definition) is 7. The minimum Gasteiger partial charge on any atom is -0.390 e. The van der Waals surface area contributed by atoms with Crippen LogP contribution in [0, 0.1) is 0 Å². The van der Waals surface area contributed by atoms with Crippen LogP contribution in [0.2, 0.25) is 5.02 Å². The number of alkyl halides is 6. The molecule has 3 aliphatic rings. The van der Waals surface area contributed by atoms with Gasteiger partial charge in [-0.15, -0.1) is 0 Å². The molecule has 3 atom stereocenters. The molecule has 6 rings (SSSR count). The highest BCUT2D eigenvalue weighted by molar-refractivity contribution is 6.34. The molecule has 1 aliphatic carbocycles. The molecule has 1 saturated carbocycles. The summed E-state index contributed by atoms with van der Waals surface area (Å²) < 4.78 is 83.4. The van der Waals surface area contributed by atoms with Crippen molar-refractivity contribution in [3.63, 3.8) is 0 Å². The van der Waals surface area contributed by atoms with E-state index in [0.29, 0.717) is 13.1 Å². The Hall–Kier alpha value is -4.36. The smallest absolute Gasteiger partial charge is 0.390 e. The van der Waals surface area contributed by atoms with Gasteiger partial charge in [0.05, 0.1) is 35.2 Å². The molecule has 3 fully saturated rings. The average molecular weight is 732 g/mol. The molecule has 2 aromatic heterocycles. The number of aliphatic hydroxyl groups is 1. The van der Waals surface area contributed by atoms with Crippen LogP contribution in [0.3, 0.4) is 0 Å². The van der Waals surface area contributed by atoms with Crippen LogP contribution in [0.15, 0.2) is 24.4 Å². The molecule has 13 nitrogen and oxygen atoms in total. The number of benzene rings is 1. The lowest BCUT2D eigenvalue weighted by Gasteiger charge is -2.36. The first-order valence-corrected chi connectivity index (χ1v) is 16.0. The number of aromatic amines is 2. The zero-order valence-electron chi connectivity index (χ0n) is 26.1. The Balaban J connectivity index is 1.02. The van der Waals surface area contributed by atoms with E-state index in [9.17, 15) is 41.4 Å². The zero-order valence-corrected chi connectivity index (χ0v) is 26.8. The number of rotatable bonds is 9. The van der Waals surface area contributed by atoms with E-state index in [1.54, 1.807) is 0 Å². The van der Waals surface area contributed by atoms with Crippen molar-refractivity contribution in [1.82, 2.24) is 41.0 Å². The number of carbonyl (C=O) groups excluding carboxylic acids is 3. The van der Waals surface area contributed by atoms with Gasteiger partial charge in [0.2, 0.25) is 0 Å². The maximum absolute atomic E-state index is 15.4. The van der Waals surface area contributed by atoms with Gasteiger partial charge in [0, 0.05) is 80.7 Å². The number of nitrogens with one attached hydrogen (secondary N) is 6. The van der Waals surface area contributed by atoms with E-state index in [1.165, 1.54) is 23.1 Å². The summed E-state index contributed by atoms with van der Waals surface area (Å²) in [6.07, 6.45) is -5.72. The molecule has 0 bridgehead atoms. The summed E-state index contributed by atoms with van der Waals surface area (Å²) >= 11 is 6.37. The molecule has 0 unspecified atom stereocenters. The van der Waals surface area contributed by atoms with Gasteiger partial charge < -0.3 is 36.3 Å². The number of piperidine rings is 1. The largest absolute Gasteiger partial charge is 0.435 e. The molecule has 20 heteroatoms. The summed E-state index contributed by atoms with van der Waals surface area (Å²) in [6.45, 7) is 0.566. The van der Waals surface area contributed by atoms with Gasteiger partial charge >= 0.3 is 12.2 Å². The number of likely N-dealkylation sites (tertiary alicyclic amines) is 1. The Morgan fingerprint density at radius 3 is 2.46 bits per heavy atom. The number of anilines is 1. The molecule has 1 aromatic carbocycles. The van der Waals surface area contributed by atoms with Gasteiger partial charge in [-0.05, 0) is 18.2 Å². The Morgan fingerprint density at radius 1 is 1.12 bits per heavy atom. The van der Waals surface area contributed by atoms with Crippen LogP contribution in [-0.2, 0) is 12.6 Å². The summed E-state index contributed by atoms with van der Waals surface area (Å²) in [5.41, 5.74) is -3.57. The molecular weight excluding hydrogens is 700 g/mol. The summed E-state index contributed by atoms with van der Waals surface area (Å²) in [6, 6.07) is 2.99. The molecule has 7 N–H and O–H groups in total. The molecule has 3 aromatic rings. The molecule has 50 heavy (non-hydrogen) atoms. The van der Waals surface area contributed by atoms with Gasteiger partial charge in [0.15, 0.2) is 11.5 Å². The van der Waals surface area contributed by atoms with E-state index in [0.717, 1.165) is 6.20 Å². The normalized spacial score (nSPS) is 22.6. The molecule has 0 spiro atoms.